The number of quaternary nitrogens is 1. The van der Waals surface area contributed by atoms with Crippen molar-refractivity contribution in [3.05, 3.63) is 24.3 Å². The molecule has 0 aliphatic carbocycles. The molecule has 0 fully saturated rings. The highest BCUT2D eigenvalue weighted by molar-refractivity contribution is 7.47. The quantitative estimate of drug-likeness (QED) is 0.0215. The fraction of sp³-hybridized carbons (Fsp3) is 0.864. The van der Waals surface area contributed by atoms with Gasteiger partial charge in [-0.3, -0.25) is 18.6 Å². The third-order valence-electron chi connectivity index (χ3n) is 9.48. The fourth-order valence-electron chi connectivity index (χ4n) is 5.99. The van der Waals surface area contributed by atoms with Crippen molar-refractivity contribution in [1.82, 2.24) is 0 Å². The third kappa shape index (κ3) is 40.2. The summed E-state index contributed by atoms with van der Waals surface area (Å²) in [7, 11) is 1.47. The van der Waals surface area contributed by atoms with Crippen LogP contribution in [0.15, 0.2) is 24.3 Å². The Balaban J connectivity index is 4.37. The second-order valence-corrected chi connectivity index (χ2v) is 17.5. The van der Waals surface area contributed by atoms with Gasteiger partial charge in [0.2, 0.25) is 0 Å². The van der Waals surface area contributed by atoms with Crippen molar-refractivity contribution in [3.8, 4) is 0 Å². The highest BCUT2D eigenvalue weighted by Crippen LogP contribution is 2.43. The molecule has 0 saturated carbocycles. The normalized spacial score (nSPS) is 13.8. The molecule has 0 radical (unpaired) electrons. The van der Waals surface area contributed by atoms with Gasteiger partial charge in [0.25, 0.3) is 0 Å². The third-order valence-corrected chi connectivity index (χ3v) is 10.5. The lowest BCUT2D eigenvalue weighted by atomic mass is 10.0. The number of nitrogens with zero attached hydrogens (tertiary/aromatic N) is 1. The molecule has 0 aromatic heterocycles. The van der Waals surface area contributed by atoms with E-state index in [1.165, 1.54) is 103 Å². The van der Waals surface area contributed by atoms with Crippen molar-refractivity contribution in [2.24, 2.45) is 0 Å². The van der Waals surface area contributed by atoms with Gasteiger partial charge in [-0.05, 0) is 44.9 Å². The molecule has 9 nitrogen and oxygen atoms in total. The summed E-state index contributed by atoms with van der Waals surface area (Å²) in [6.45, 7) is 4.39. The predicted molar refractivity (Wildman–Crippen MR) is 224 cm³/mol. The van der Waals surface area contributed by atoms with E-state index in [9.17, 15) is 19.0 Å². The number of unbranched alkanes of at least 4 members (excludes halogenated alkanes) is 22. The van der Waals surface area contributed by atoms with E-state index in [1.54, 1.807) is 0 Å². The number of phosphoric ester groups is 1. The van der Waals surface area contributed by atoms with E-state index < -0.39 is 26.5 Å². The molecule has 0 amide bonds. The molecule has 54 heavy (non-hydrogen) atoms. The van der Waals surface area contributed by atoms with Crippen LogP contribution in [-0.2, 0) is 32.7 Å². The number of rotatable bonds is 40. The van der Waals surface area contributed by atoms with Crippen LogP contribution in [0.2, 0.25) is 0 Å². The molecule has 0 aromatic carbocycles. The van der Waals surface area contributed by atoms with E-state index in [1.807, 2.05) is 21.1 Å². The van der Waals surface area contributed by atoms with Crippen LogP contribution >= 0.6 is 7.82 Å². The number of likely N-dealkylation sites (N-methyl/N-ethyl adjacent to an activating group) is 1. The Kier molecular flexibility index (Phi) is 36.1. The van der Waals surface area contributed by atoms with Crippen LogP contribution in [0.4, 0.5) is 0 Å². The van der Waals surface area contributed by atoms with Crippen LogP contribution in [-0.4, -0.2) is 74.9 Å². The van der Waals surface area contributed by atoms with E-state index in [-0.39, 0.29) is 25.6 Å². The summed E-state index contributed by atoms with van der Waals surface area (Å²) in [6, 6.07) is 0. The molecule has 0 aliphatic rings. The summed E-state index contributed by atoms with van der Waals surface area (Å²) in [5.74, 6) is -0.808. The van der Waals surface area contributed by atoms with E-state index >= 15 is 0 Å². The molecule has 0 heterocycles. The van der Waals surface area contributed by atoms with Gasteiger partial charge >= 0.3 is 19.8 Å². The summed E-state index contributed by atoms with van der Waals surface area (Å²) in [5, 5.41) is 0. The molecule has 0 aromatic rings. The molecule has 0 spiro atoms. The summed E-state index contributed by atoms with van der Waals surface area (Å²) in [6.07, 6.45) is 39.3. The molecule has 0 rings (SSSR count). The lowest BCUT2D eigenvalue weighted by molar-refractivity contribution is -0.870. The van der Waals surface area contributed by atoms with E-state index in [4.69, 9.17) is 18.5 Å². The minimum absolute atomic E-state index is 0.0306. The van der Waals surface area contributed by atoms with E-state index in [0.29, 0.717) is 23.9 Å². The molecule has 0 saturated heterocycles. The van der Waals surface area contributed by atoms with Crippen molar-refractivity contribution in [3.63, 3.8) is 0 Å². The molecule has 10 heteroatoms. The van der Waals surface area contributed by atoms with Crippen molar-refractivity contribution < 1.29 is 42.1 Å². The number of ether oxygens (including phenoxy) is 2. The van der Waals surface area contributed by atoms with Crippen LogP contribution in [0.1, 0.15) is 194 Å². The number of carbonyl (C=O) groups excluding carboxylic acids is 2. The molecular weight excluding hydrogens is 701 g/mol. The molecule has 0 aliphatic heterocycles. The van der Waals surface area contributed by atoms with Crippen LogP contribution in [0.25, 0.3) is 0 Å². The Morgan fingerprint density at radius 2 is 1.00 bits per heavy atom. The fourth-order valence-corrected chi connectivity index (χ4v) is 6.73. The number of carbonyl (C=O) groups is 2. The first-order valence-electron chi connectivity index (χ1n) is 22.1. The molecule has 2 atom stereocenters. The minimum atomic E-state index is -4.37. The van der Waals surface area contributed by atoms with E-state index in [2.05, 4.69) is 38.2 Å². The van der Waals surface area contributed by atoms with Gasteiger partial charge in [0.15, 0.2) is 6.10 Å². The first kappa shape index (κ1) is 52.5. The van der Waals surface area contributed by atoms with Crippen molar-refractivity contribution >= 4 is 19.8 Å². The van der Waals surface area contributed by atoms with Crippen molar-refractivity contribution in [2.45, 2.75) is 200 Å². The first-order valence-corrected chi connectivity index (χ1v) is 23.6. The summed E-state index contributed by atoms with van der Waals surface area (Å²) in [4.78, 5) is 35.3. The van der Waals surface area contributed by atoms with Crippen LogP contribution in [0.3, 0.4) is 0 Å². The molecule has 1 N–H and O–H groups in total. The van der Waals surface area contributed by atoms with Gasteiger partial charge in [0, 0.05) is 12.8 Å². The Bertz CT molecular complexity index is 980. The lowest BCUT2D eigenvalue weighted by Crippen LogP contribution is -2.37. The maximum absolute atomic E-state index is 12.7. The predicted octanol–water partition coefficient (Wildman–Crippen LogP) is 12.4. The lowest BCUT2D eigenvalue weighted by Gasteiger charge is -2.24. The highest BCUT2D eigenvalue weighted by Gasteiger charge is 2.27. The topological polar surface area (TPSA) is 108 Å². The molecular formula is C44H85NO8P+. The van der Waals surface area contributed by atoms with Crippen molar-refractivity contribution in [1.29, 1.82) is 0 Å². The number of esters is 2. The van der Waals surface area contributed by atoms with Gasteiger partial charge in [0.1, 0.15) is 19.8 Å². The van der Waals surface area contributed by atoms with Gasteiger partial charge < -0.3 is 18.9 Å². The van der Waals surface area contributed by atoms with Gasteiger partial charge in [0.05, 0.1) is 27.7 Å². The Labute approximate surface area is 332 Å². The maximum Gasteiger partial charge on any atom is 0.472 e. The Morgan fingerprint density at radius 1 is 0.574 bits per heavy atom. The monoisotopic (exact) mass is 787 g/mol. The molecule has 0 bridgehead atoms. The van der Waals surface area contributed by atoms with Gasteiger partial charge in [-0.1, -0.05) is 160 Å². The maximum atomic E-state index is 12.7. The average Bonchev–Trinajstić information content (AvgIpc) is 3.12. The zero-order chi connectivity index (χ0) is 40.0. The van der Waals surface area contributed by atoms with Crippen LogP contribution < -0.4 is 0 Å². The summed E-state index contributed by atoms with van der Waals surface area (Å²) >= 11 is 0. The second-order valence-electron chi connectivity index (χ2n) is 16.1. The van der Waals surface area contributed by atoms with Crippen LogP contribution in [0.5, 0.6) is 0 Å². The van der Waals surface area contributed by atoms with Crippen LogP contribution in [0, 0.1) is 0 Å². The minimum Gasteiger partial charge on any atom is -0.462 e. The average molecular weight is 787 g/mol. The standard InChI is InChI=1S/C44H84NO8P/c1-6-8-10-12-14-16-18-20-22-24-26-28-30-32-34-36-43(46)50-40-42(41-52-54(48,49)51-39-38-45(3,4)5)53-44(47)37-35-33-31-29-27-25-23-21-19-17-15-13-11-9-7-2/h15,17,21,23,42H,6-14,16,18-20,22,24-41H2,1-5H3/p+1/b17-15-,23-21-/t42-/m0/s1. The largest absolute Gasteiger partial charge is 0.472 e. The van der Waals surface area contributed by atoms with Gasteiger partial charge in [-0.15, -0.1) is 0 Å². The molecule has 318 valence electrons. The zero-order valence-electron chi connectivity index (χ0n) is 35.7. The number of allylic oxidation sites excluding steroid dienone is 4. The SMILES string of the molecule is CCCCC/C=C\C/C=C\CCCCCCCC(=O)O[C@@H](COC(=O)CCCCCCCCCCCCCCCCC)COP(=O)(O)OCC[N+](C)(C)C. The van der Waals surface area contributed by atoms with Crippen molar-refractivity contribution in [2.75, 3.05) is 47.5 Å². The van der Waals surface area contributed by atoms with E-state index in [0.717, 1.165) is 57.8 Å². The Morgan fingerprint density at radius 3 is 1.50 bits per heavy atom. The number of hydrogen-bond donors (Lipinski definition) is 1. The second kappa shape index (κ2) is 37.1. The Hall–Kier alpha value is -1.51. The highest BCUT2D eigenvalue weighted by atomic mass is 31.2. The molecule has 1 unspecified atom stereocenters. The van der Waals surface area contributed by atoms with Gasteiger partial charge in [-0.25, -0.2) is 4.57 Å². The van der Waals surface area contributed by atoms with Gasteiger partial charge in [-0.2, -0.15) is 0 Å². The smallest absolute Gasteiger partial charge is 0.462 e. The zero-order valence-corrected chi connectivity index (χ0v) is 36.6. The summed E-state index contributed by atoms with van der Waals surface area (Å²) in [5.41, 5.74) is 0. The summed E-state index contributed by atoms with van der Waals surface area (Å²) < 4.78 is 34.3. The first-order chi connectivity index (χ1) is 26.0. The number of phosphoric acid groups is 1. The number of hydrogen-bond acceptors (Lipinski definition) is 7.